The zero-order chi connectivity index (χ0) is 17.2. The molecule has 126 valence electrons. The van der Waals surface area contributed by atoms with Crippen molar-refractivity contribution in [1.82, 2.24) is 5.32 Å². The summed E-state index contributed by atoms with van der Waals surface area (Å²) < 4.78 is 11.4. The summed E-state index contributed by atoms with van der Waals surface area (Å²) >= 11 is 0. The third-order valence-electron chi connectivity index (χ3n) is 4.94. The van der Waals surface area contributed by atoms with E-state index in [-0.39, 0.29) is 6.04 Å². The van der Waals surface area contributed by atoms with Gasteiger partial charge >= 0.3 is 0 Å². The predicted molar refractivity (Wildman–Crippen MR) is 95.6 cm³/mol. The molecule has 2 atom stereocenters. The molecule has 2 aromatic rings. The van der Waals surface area contributed by atoms with Crippen LogP contribution in [0, 0.1) is 0 Å². The second-order valence-corrected chi connectivity index (χ2v) is 6.20. The van der Waals surface area contributed by atoms with Crippen LogP contribution in [-0.4, -0.2) is 33.1 Å². The number of hydrogen-bond acceptors (Lipinski definition) is 4. The molecule has 1 aliphatic heterocycles. The van der Waals surface area contributed by atoms with E-state index in [9.17, 15) is 4.79 Å². The lowest BCUT2D eigenvalue weighted by Gasteiger charge is -2.28. The molecule has 0 aliphatic carbocycles. The highest BCUT2D eigenvalue weighted by molar-refractivity contribution is 5.89. The van der Waals surface area contributed by atoms with E-state index in [2.05, 4.69) is 36.2 Å². The Balaban J connectivity index is 2.14. The predicted octanol–water partition coefficient (Wildman–Crippen LogP) is 2.98. The second-order valence-electron chi connectivity index (χ2n) is 6.20. The van der Waals surface area contributed by atoms with E-state index in [0.29, 0.717) is 13.0 Å². The standard InChI is InChI=1S/C20H23NO3/c1-4-5-17-18-10-15(8-6-14(18)7-9-19(17)23-2)20(24-3)11-16(12-22)21-13-20/h4,6-10,12,16,21H,1,5,11,13H2,2-3H3/t16-,20-/m0/s1. The Labute approximate surface area is 142 Å². The number of carbonyl (C=O) groups is 1. The van der Waals surface area contributed by atoms with Gasteiger partial charge in [-0.3, -0.25) is 0 Å². The Hall–Kier alpha value is -2.17. The molecule has 0 spiro atoms. The van der Waals surface area contributed by atoms with E-state index in [4.69, 9.17) is 9.47 Å². The largest absolute Gasteiger partial charge is 0.496 e. The summed E-state index contributed by atoms with van der Waals surface area (Å²) in [6.07, 6.45) is 4.21. The first kappa shape index (κ1) is 16.7. The summed E-state index contributed by atoms with van der Waals surface area (Å²) in [5, 5.41) is 5.51. The normalized spacial score (nSPS) is 23.3. The highest BCUT2D eigenvalue weighted by Crippen LogP contribution is 2.37. The first-order valence-corrected chi connectivity index (χ1v) is 8.12. The van der Waals surface area contributed by atoms with Crippen LogP contribution in [0.25, 0.3) is 10.8 Å². The SMILES string of the molecule is C=CCc1c(OC)ccc2ccc([C@@]3(OC)CN[C@H](C=O)C3)cc12. The average Bonchev–Trinajstić information content (AvgIpc) is 3.07. The van der Waals surface area contributed by atoms with Crippen LogP contribution in [0.3, 0.4) is 0 Å². The zero-order valence-corrected chi connectivity index (χ0v) is 14.2. The molecule has 0 bridgehead atoms. The first-order chi connectivity index (χ1) is 11.7. The van der Waals surface area contributed by atoms with E-state index in [1.807, 2.05) is 12.1 Å². The van der Waals surface area contributed by atoms with Crippen LogP contribution in [0.1, 0.15) is 17.5 Å². The number of ether oxygens (including phenoxy) is 2. The molecule has 24 heavy (non-hydrogen) atoms. The molecule has 1 saturated heterocycles. The maximum absolute atomic E-state index is 11.1. The van der Waals surface area contributed by atoms with Gasteiger partial charge in [-0.05, 0) is 34.9 Å². The fraction of sp³-hybridized carbons (Fsp3) is 0.350. The van der Waals surface area contributed by atoms with Gasteiger partial charge < -0.3 is 19.6 Å². The van der Waals surface area contributed by atoms with E-state index in [1.165, 1.54) is 0 Å². The maximum Gasteiger partial charge on any atom is 0.137 e. The van der Waals surface area contributed by atoms with Crippen molar-refractivity contribution >= 4 is 17.1 Å². The second kappa shape index (κ2) is 6.75. The summed E-state index contributed by atoms with van der Waals surface area (Å²) in [4.78, 5) is 11.1. The zero-order valence-electron chi connectivity index (χ0n) is 14.2. The maximum atomic E-state index is 11.1. The van der Waals surface area contributed by atoms with E-state index in [1.54, 1.807) is 14.2 Å². The van der Waals surface area contributed by atoms with Gasteiger partial charge in [-0.1, -0.05) is 24.3 Å². The molecular weight excluding hydrogens is 302 g/mol. The first-order valence-electron chi connectivity index (χ1n) is 8.12. The van der Waals surface area contributed by atoms with Gasteiger partial charge in [0.1, 0.15) is 17.6 Å². The van der Waals surface area contributed by atoms with Crippen molar-refractivity contribution in [3.8, 4) is 5.75 Å². The van der Waals surface area contributed by atoms with Gasteiger partial charge in [0.2, 0.25) is 0 Å². The van der Waals surface area contributed by atoms with E-state index >= 15 is 0 Å². The van der Waals surface area contributed by atoms with Crippen LogP contribution in [0.5, 0.6) is 5.75 Å². The van der Waals surface area contributed by atoms with Gasteiger partial charge in [-0.25, -0.2) is 0 Å². The van der Waals surface area contributed by atoms with Gasteiger partial charge in [-0.15, -0.1) is 6.58 Å². The van der Waals surface area contributed by atoms with Crippen LogP contribution in [0.15, 0.2) is 43.0 Å². The van der Waals surface area contributed by atoms with Crippen LogP contribution in [-0.2, 0) is 21.6 Å². The minimum atomic E-state index is -0.478. The van der Waals surface area contributed by atoms with Crippen molar-refractivity contribution in [2.75, 3.05) is 20.8 Å². The number of nitrogens with one attached hydrogen (secondary N) is 1. The third kappa shape index (κ3) is 2.72. The van der Waals surface area contributed by atoms with Crippen molar-refractivity contribution in [3.63, 3.8) is 0 Å². The van der Waals surface area contributed by atoms with Gasteiger partial charge in [0.15, 0.2) is 0 Å². The Morgan fingerprint density at radius 2 is 2.12 bits per heavy atom. The quantitative estimate of drug-likeness (QED) is 0.655. The molecule has 4 heteroatoms. The van der Waals surface area contributed by atoms with Crippen molar-refractivity contribution in [3.05, 3.63) is 54.1 Å². The molecule has 0 unspecified atom stereocenters. The monoisotopic (exact) mass is 325 g/mol. The van der Waals surface area contributed by atoms with Gasteiger partial charge in [0.05, 0.1) is 13.2 Å². The molecule has 0 radical (unpaired) electrons. The average molecular weight is 325 g/mol. The Kier molecular flexibility index (Phi) is 4.69. The molecule has 1 aliphatic rings. The Morgan fingerprint density at radius 3 is 2.75 bits per heavy atom. The van der Waals surface area contributed by atoms with Crippen molar-refractivity contribution in [2.45, 2.75) is 24.5 Å². The lowest BCUT2D eigenvalue weighted by molar-refractivity contribution is -0.109. The highest BCUT2D eigenvalue weighted by atomic mass is 16.5. The lowest BCUT2D eigenvalue weighted by Crippen LogP contribution is -2.31. The van der Waals surface area contributed by atoms with Crippen molar-refractivity contribution < 1.29 is 14.3 Å². The van der Waals surface area contributed by atoms with Crippen molar-refractivity contribution in [2.24, 2.45) is 0 Å². The number of aldehydes is 1. The van der Waals surface area contributed by atoms with Crippen LogP contribution >= 0.6 is 0 Å². The third-order valence-corrected chi connectivity index (χ3v) is 4.94. The van der Waals surface area contributed by atoms with Crippen LogP contribution in [0.4, 0.5) is 0 Å². The molecule has 1 fully saturated rings. The molecule has 0 aromatic heterocycles. The molecule has 2 aromatic carbocycles. The number of allylic oxidation sites excluding steroid dienone is 1. The summed E-state index contributed by atoms with van der Waals surface area (Å²) in [5.74, 6) is 0.862. The molecule has 4 nitrogen and oxygen atoms in total. The lowest BCUT2D eigenvalue weighted by atomic mass is 9.88. The molecule has 3 rings (SSSR count). The number of hydrogen-bond donors (Lipinski definition) is 1. The minimum absolute atomic E-state index is 0.168. The van der Waals surface area contributed by atoms with Gasteiger partial charge in [0.25, 0.3) is 0 Å². The number of fused-ring (bicyclic) bond motifs is 1. The van der Waals surface area contributed by atoms with E-state index in [0.717, 1.165) is 40.4 Å². The summed E-state index contributed by atoms with van der Waals surface area (Å²) in [6, 6.07) is 10.2. The topological polar surface area (TPSA) is 47.6 Å². The fourth-order valence-electron chi connectivity index (χ4n) is 3.58. The number of methoxy groups -OCH3 is 2. The molecule has 1 N–H and O–H groups in total. The number of carbonyl (C=O) groups excluding carboxylic acids is 1. The van der Waals surface area contributed by atoms with Crippen LogP contribution < -0.4 is 10.1 Å². The molecule has 0 amide bonds. The van der Waals surface area contributed by atoms with Gasteiger partial charge in [-0.2, -0.15) is 0 Å². The number of benzene rings is 2. The summed E-state index contributed by atoms with van der Waals surface area (Å²) in [7, 11) is 3.39. The Morgan fingerprint density at radius 1 is 1.33 bits per heavy atom. The Bertz CT molecular complexity index is 771. The number of rotatable bonds is 6. The summed E-state index contributed by atoms with van der Waals surface area (Å²) in [6.45, 7) is 4.48. The molecular formula is C20H23NO3. The highest BCUT2D eigenvalue weighted by Gasteiger charge is 2.40. The van der Waals surface area contributed by atoms with Crippen molar-refractivity contribution in [1.29, 1.82) is 0 Å². The van der Waals surface area contributed by atoms with Gasteiger partial charge in [0, 0.05) is 25.6 Å². The smallest absolute Gasteiger partial charge is 0.137 e. The fourth-order valence-corrected chi connectivity index (χ4v) is 3.58. The van der Waals surface area contributed by atoms with E-state index < -0.39 is 5.60 Å². The minimum Gasteiger partial charge on any atom is -0.496 e. The summed E-state index contributed by atoms with van der Waals surface area (Å²) in [5.41, 5.74) is 1.72. The molecule has 0 saturated carbocycles. The molecule has 1 heterocycles. The van der Waals surface area contributed by atoms with Crippen LogP contribution in [0.2, 0.25) is 0 Å².